The van der Waals surface area contributed by atoms with Gasteiger partial charge in [-0.05, 0) is 12.1 Å². The Morgan fingerprint density at radius 1 is 1.06 bits per heavy atom. The van der Waals surface area contributed by atoms with Gasteiger partial charge in [0.1, 0.15) is 5.69 Å². The highest BCUT2D eigenvalue weighted by molar-refractivity contribution is 6.07. The van der Waals surface area contributed by atoms with E-state index >= 15 is 0 Å². The summed E-state index contributed by atoms with van der Waals surface area (Å²) in [6.45, 7) is 0.195. The number of aromatic nitrogens is 6. The summed E-state index contributed by atoms with van der Waals surface area (Å²) >= 11 is 0. The van der Waals surface area contributed by atoms with Gasteiger partial charge in [-0.2, -0.15) is 5.10 Å². The second-order valence-corrected chi connectivity index (χ2v) is 8.10. The number of amides is 1. The molecule has 0 radical (unpaired) electrons. The number of Topliss-reactive ketones (excluding diaryl/α,β-unsaturated/α-hetero) is 1. The van der Waals surface area contributed by atoms with Crippen LogP contribution in [0.5, 0.6) is 5.88 Å². The first-order valence-electron chi connectivity index (χ1n) is 11.2. The zero-order chi connectivity index (χ0) is 25.1. The van der Waals surface area contributed by atoms with Gasteiger partial charge in [0.05, 0.1) is 36.7 Å². The summed E-state index contributed by atoms with van der Waals surface area (Å²) in [6.07, 6.45) is 6.71. The third-order valence-corrected chi connectivity index (χ3v) is 5.73. The summed E-state index contributed by atoms with van der Waals surface area (Å²) in [5.74, 6) is 0.232. The van der Waals surface area contributed by atoms with Crippen LogP contribution >= 0.6 is 0 Å². The smallest absolute Gasteiger partial charge is 0.255 e. The van der Waals surface area contributed by atoms with Crippen molar-refractivity contribution in [3.05, 3.63) is 95.8 Å². The number of nitrogens with one attached hydrogen (secondary N) is 1. The van der Waals surface area contributed by atoms with E-state index in [0.29, 0.717) is 17.4 Å². The molecule has 0 aliphatic rings. The molecule has 0 saturated carbocycles. The molecule has 10 heteroatoms. The molecule has 0 fully saturated rings. The van der Waals surface area contributed by atoms with E-state index in [4.69, 9.17) is 4.74 Å². The van der Waals surface area contributed by atoms with Gasteiger partial charge in [-0.15, -0.1) is 0 Å². The van der Waals surface area contributed by atoms with Crippen LogP contribution in [0, 0.1) is 0 Å². The third kappa shape index (κ3) is 4.56. The molecular weight excluding hydrogens is 458 g/mol. The molecule has 10 nitrogen and oxygen atoms in total. The van der Waals surface area contributed by atoms with Gasteiger partial charge in [0.15, 0.2) is 5.78 Å². The molecule has 5 rings (SSSR count). The van der Waals surface area contributed by atoms with Crippen LogP contribution in [0.1, 0.15) is 32.1 Å². The number of carbonyl (C=O) groups excluding carboxylic acids is 2. The van der Waals surface area contributed by atoms with Crippen molar-refractivity contribution in [1.29, 1.82) is 0 Å². The molecular formula is C26H23N7O3. The van der Waals surface area contributed by atoms with Crippen LogP contribution in [-0.2, 0) is 20.0 Å². The number of hydrogen-bond acceptors (Lipinski definition) is 7. The topological polar surface area (TPSA) is 116 Å². The molecule has 1 amide bonds. The van der Waals surface area contributed by atoms with Crippen molar-refractivity contribution in [1.82, 2.24) is 34.4 Å². The number of ether oxygens (including phenoxy) is 1. The minimum atomic E-state index is -0.415. The number of aryl methyl sites for hydroxylation is 1. The molecule has 4 aromatic heterocycles. The number of methoxy groups -OCH3 is 1. The highest BCUT2D eigenvalue weighted by atomic mass is 16.5. The maximum atomic E-state index is 13.2. The summed E-state index contributed by atoms with van der Waals surface area (Å²) in [4.78, 5) is 39.4. The monoisotopic (exact) mass is 481 g/mol. The lowest BCUT2D eigenvalue weighted by molar-refractivity contribution is 0.0928. The summed E-state index contributed by atoms with van der Waals surface area (Å²) in [5, 5.41) is 6.95. The Balaban J connectivity index is 1.33. The molecule has 0 aliphatic carbocycles. The normalized spacial score (nSPS) is 10.9. The molecule has 4 heterocycles. The number of benzene rings is 1. The van der Waals surface area contributed by atoms with Crippen LogP contribution in [-0.4, -0.2) is 47.9 Å². The SMILES string of the molecule is COc1ncccc1CNC(=O)c1cnn(C)c1C(=O)Cc1ccn2cc(-c3ccccc3)nc2n1. The lowest BCUT2D eigenvalue weighted by Crippen LogP contribution is -2.25. The minimum Gasteiger partial charge on any atom is -0.481 e. The minimum absolute atomic E-state index is 0.000270. The first-order valence-corrected chi connectivity index (χ1v) is 11.2. The number of nitrogens with zero attached hydrogens (tertiary/aromatic N) is 6. The van der Waals surface area contributed by atoms with Crippen LogP contribution in [0.2, 0.25) is 0 Å². The molecule has 1 N–H and O–H groups in total. The predicted molar refractivity (Wildman–Crippen MR) is 132 cm³/mol. The molecule has 0 atom stereocenters. The third-order valence-electron chi connectivity index (χ3n) is 5.73. The molecule has 180 valence electrons. The van der Waals surface area contributed by atoms with Gasteiger partial charge >= 0.3 is 0 Å². The number of pyridine rings is 1. The highest BCUT2D eigenvalue weighted by Gasteiger charge is 2.23. The second kappa shape index (κ2) is 9.79. The summed E-state index contributed by atoms with van der Waals surface area (Å²) in [6, 6.07) is 15.1. The van der Waals surface area contributed by atoms with Crippen molar-refractivity contribution >= 4 is 17.5 Å². The average Bonchev–Trinajstić information content (AvgIpc) is 3.51. The van der Waals surface area contributed by atoms with Gasteiger partial charge in [-0.3, -0.25) is 18.7 Å². The molecule has 0 bridgehead atoms. The fourth-order valence-electron chi connectivity index (χ4n) is 3.95. The lowest BCUT2D eigenvalue weighted by Gasteiger charge is -2.09. The number of imidazole rings is 1. The Labute approximate surface area is 206 Å². The van der Waals surface area contributed by atoms with E-state index < -0.39 is 5.91 Å². The number of ketones is 1. The van der Waals surface area contributed by atoms with Gasteiger partial charge in [-0.1, -0.05) is 36.4 Å². The Kier molecular flexibility index (Phi) is 6.23. The number of carbonyl (C=O) groups is 2. The van der Waals surface area contributed by atoms with Crippen molar-refractivity contribution in [2.75, 3.05) is 7.11 Å². The van der Waals surface area contributed by atoms with E-state index in [-0.39, 0.29) is 30.0 Å². The molecule has 0 spiro atoms. The molecule has 0 aliphatic heterocycles. The van der Waals surface area contributed by atoms with E-state index in [9.17, 15) is 9.59 Å². The van der Waals surface area contributed by atoms with Crippen molar-refractivity contribution in [3.8, 4) is 17.1 Å². The molecule has 1 aromatic carbocycles. The summed E-state index contributed by atoms with van der Waals surface area (Å²) < 4.78 is 8.44. The first kappa shape index (κ1) is 22.9. The van der Waals surface area contributed by atoms with Crippen LogP contribution in [0.4, 0.5) is 0 Å². The van der Waals surface area contributed by atoms with E-state index in [2.05, 4.69) is 25.4 Å². The highest BCUT2D eigenvalue weighted by Crippen LogP contribution is 2.19. The van der Waals surface area contributed by atoms with Gasteiger partial charge in [0, 0.05) is 43.3 Å². The van der Waals surface area contributed by atoms with Crippen molar-refractivity contribution in [2.45, 2.75) is 13.0 Å². The quantitative estimate of drug-likeness (QED) is 0.339. The van der Waals surface area contributed by atoms with Gasteiger partial charge in [-0.25, -0.2) is 15.0 Å². The van der Waals surface area contributed by atoms with Crippen molar-refractivity contribution < 1.29 is 14.3 Å². The van der Waals surface area contributed by atoms with Crippen LogP contribution in [0.15, 0.2) is 73.3 Å². The van der Waals surface area contributed by atoms with E-state index in [0.717, 1.165) is 16.8 Å². The number of rotatable bonds is 8. The molecule has 5 aromatic rings. The van der Waals surface area contributed by atoms with Gasteiger partial charge < -0.3 is 10.1 Å². The molecule has 0 unspecified atom stereocenters. The zero-order valence-corrected chi connectivity index (χ0v) is 19.8. The van der Waals surface area contributed by atoms with Crippen LogP contribution in [0.25, 0.3) is 17.0 Å². The van der Waals surface area contributed by atoms with Crippen LogP contribution in [0.3, 0.4) is 0 Å². The number of hydrogen-bond donors (Lipinski definition) is 1. The lowest BCUT2D eigenvalue weighted by atomic mass is 10.1. The molecule has 36 heavy (non-hydrogen) atoms. The largest absolute Gasteiger partial charge is 0.481 e. The summed E-state index contributed by atoms with van der Waals surface area (Å²) in [7, 11) is 3.15. The Morgan fingerprint density at radius 3 is 2.69 bits per heavy atom. The standard InChI is InChI=1S/C26H23N7O3/c1-32-23(20(15-29-32)24(35)28-14-18-9-6-11-27-25(18)36-2)22(34)13-19-10-12-33-16-21(31-26(33)30-19)17-7-4-3-5-8-17/h3-12,15-16H,13-14H2,1-2H3,(H,28,35). The average molecular weight is 482 g/mol. The maximum absolute atomic E-state index is 13.2. The fraction of sp³-hybridized carbons (Fsp3) is 0.154. The van der Waals surface area contributed by atoms with E-state index in [1.807, 2.05) is 53.2 Å². The van der Waals surface area contributed by atoms with Crippen molar-refractivity contribution in [2.24, 2.45) is 7.05 Å². The first-order chi connectivity index (χ1) is 17.5. The summed E-state index contributed by atoms with van der Waals surface area (Å²) in [5.41, 5.74) is 3.44. The number of fused-ring (bicyclic) bond motifs is 1. The van der Waals surface area contributed by atoms with Crippen LogP contribution < -0.4 is 10.1 Å². The maximum Gasteiger partial charge on any atom is 0.255 e. The predicted octanol–water partition coefficient (Wildman–Crippen LogP) is 2.89. The van der Waals surface area contributed by atoms with Gasteiger partial charge in [0.2, 0.25) is 11.7 Å². The van der Waals surface area contributed by atoms with E-state index in [1.165, 1.54) is 18.0 Å². The molecule has 0 saturated heterocycles. The second-order valence-electron chi connectivity index (χ2n) is 8.10. The zero-order valence-electron chi connectivity index (χ0n) is 19.8. The van der Waals surface area contributed by atoms with E-state index in [1.54, 1.807) is 25.4 Å². The van der Waals surface area contributed by atoms with Crippen molar-refractivity contribution in [3.63, 3.8) is 0 Å². The van der Waals surface area contributed by atoms with Gasteiger partial charge in [0.25, 0.3) is 5.91 Å². The Bertz CT molecular complexity index is 1560. The Morgan fingerprint density at radius 2 is 1.89 bits per heavy atom. The Hall–Kier alpha value is -4.86. The fourth-order valence-corrected chi connectivity index (χ4v) is 3.95.